The van der Waals surface area contributed by atoms with Crippen molar-refractivity contribution in [2.75, 3.05) is 0 Å². The number of benzene rings is 1. The highest BCUT2D eigenvalue weighted by Gasteiger charge is 2.16. The molecule has 1 aromatic carbocycles. The van der Waals surface area contributed by atoms with Gasteiger partial charge in [-0.2, -0.15) is 0 Å². The molecule has 0 fully saturated rings. The molecular formula is C11H9F2N3O. The number of hydrogen-bond acceptors (Lipinski definition) is 3. The second kappa shape index (κ2) is 4.04. The number of carbonyl (C=O) groups is 1. The summed E-state index contributed by atoms with van der Waals surface area (Å²) in [5, 5.41) is 7.34. The topological polar surface area (TPSA) is 47.8 Å². The van der Waals surface area contributed by atoms with Gasteiger partial charge in [0.2, 0.25) is 0 Å². The summed E-state index contributed by atoms with van der Waals surface area (Å²) in [6.45, 7) is 2.95. The smallest absolute Gasteiger partial charge is 0.181 e. The Balaban J connectivity index is 2.57. The first kappa shape index (κ1) is 11.4. The van der Waals surface area contributed by atoms with Crippen LogP contribution in [-0.2, 0) is 0 Å². The van der Waals surface area contributed by atoms with Crippen molar-refractivity contribution in [3.05, 3.63) is 41.2 Å². The second-order valence-electron chi connectivity index (χ2n) is 3.59. The minimum atomic E-state index is -0.756. The van der Waals surface area contributed by atoms with Crippen LogP contribution in [0.15, 0.2) is 18.2 Å². The van der Waals surface area contributed by atoms with Crippen LogP contribution in [0, 0.1) is 18.6 Å². The highest BCUT2D eigenvalue weighted by Crippen LogP contribution is 2.17. The Kier molecular flexibility index (Phi) is 2.71. The van der Waals surface area contributed by atoms with E-state index in [9.17, 15) is 13.6 Å². The van der Waals surface area contributed by atoms with Crippen LogP contribution in [0.4, 0.5) is 8.78 Å². The molecule has 0 saturated carbocycles. The molecule has 6 heteroatoms. The van der Waals surface area contributed by atoms with Crippen LogP contribution in [0.2, 0.25) is 0 Å². The van der Waals surface area contributed by atoms with Gasteiger partial charge in [0, 0.05) is 13.0 Å². The second-order valence-corrected chi connectivity index (χ2v) is 3.59. The number of rotatable bonds is 2. The summed E-state index contributed by atoms with van der Waals surface area (Å²) in [5.41, 5.74) is 0.653. The van der Waals surface area contributed by atoms with E-state index in [4.69, 9.17) is 0 Å². The van der Waals surface area contributed by atoms with E-state index in [2.05, 4.69) is 10.3 Å². The predicted molar refractivity (Wildman–Crippen MR) is 56.0 cm³/mol. The number of aromatic nitrogens is 3. The van der Waals surface area contributed by atoms with E-state index in [1.165, 1.54) is 17.7 Å². The van der Waals surface area contributed by atoms with Crippen LogP contribution < -0.4 is 0 Å². The molecule has 0 aliphatic carbocycles. The van der Waals surface area contributed by atoms with E-state index in [1.807, 2.05) is 0 Å². The van der Waals surface area contributed by atoms with Gasteiger partial charge < -0.3 is 0 Å². The minimum absolute atomic E-state index is 0.0592. The zero-order valence-corrected chi connectivity index (χ0v) is 9.24. The fraction of sp³-hybridized carbons (Fsp3) is 0.182. The summed E-state index contributed by atoms with van der Waals surface area (Å²) >= 11 is 0. The average Bonchev–Trinajstić information content (AvgIpc) is 2.60. The molecule has 0 aliphatic rings. The van der Waals surface area contributed by atoms with Crippen molar-refractivity contribution in [3.63, 3.8) is 0 Å². The zero-order chi connectivity index (χ0) is 12.6. The summed E-state index contributed by atoms with van der Waals surface area (Å²) in [6.07, 6.45) is 0. The monoisotopic (exact) mass is 237 g/mol. The van der Waals surface area contributed by atoms with E-state index in [1.54, 1.807) is 6.92 Å². The van der Waals surface area contributed by atoms with Gasteiger partial charge in [0.1, 0.15) is 11.5 Å². The molecule has 1 heterocycles. The van der Waals surface area contributed by atoms with Crippen LogP contribution in [0.25, 0.3) is 5.69 Å². The van der Waals surface area contributed by atoms with Gasteiger partial charge in [-0.05, 0) is 19.1 Å². The van der Waals surface area contributed by atoms with Gasteiger partial charge in [-0.15, -0.1) is 5.10 Å². The van der Waals surface area contributed by atoms with Crippen molar-refractivity contribution >= 4 is 5.78 Å². The van der Waals surface area contributed by atoms with Crippen molar-refractivity contribution in [2.24, 2.45) is 0 Å². The summed E-state index contributed by atoms with van der Waals surface area (Å²) in [5.74, 6) is -1.68. The Morgan fingerprint density at radius 3 is 2.59 bits per heavy atom. The highest BCUT2D eigenvalue weighted by atomic mass is 19.1. The molecule has 0 unspecified atom stereocenters. The summed E-state index contributed by atoms with van der Waals surface area (Å²) in [7, 11) is 0. The molecule has 0 N–H and O–H groups in total. The molecule has 0 amide bonds. The Morgan fingerprint density at radius 1 is 1.35 bits per heavy atom. The van der Waals surface area contributed by atoms with E-state index >= 15 is 0 Å². The third-order valence-electron chi connectivity index (χ3n) is 2.37. The first-order valence-electron chi connectivity index (χ1n) is 4.89. The lowest BCUT2D eigenvalue weighted by molar-refractivity contribution is 0.101. The first-order chi connectivity index (χ1) is 8.00. The average molecular weight is 237 g/mol. The molecule has 2 aromatic rings. The lowest BCUT2D eigenvalue weighted by Crippen LogP contribution is -2.03. The fourth-order valence-corrected chi connectivity index (χ4v) is 1.54. The van der Waals surface area contributed by atoms with E-state index < -0.39 is 11.6 Å². The van der Waals surface area contributed by atoms with Gasteiger partial charge in [0.15, 0.2) is 17.3 Å². The zero-order valence-electron chi connectivity index (χ0n) is 9.24. The quantitative estimate of drug-likeness (QED) is 0.751. The molecule has 88 valence electrons. The van der Waals surface area contributed by atoms with Gasteiger partial charge in [-0.1, -0.05) is 5.21 Å². The van der Waals surface area contributed by atoms with Crippen molar-refractivity contribution in [1.82, 2.24) is 15.0 Å². The number of nitrogens with zero attached hydrogens (tertiary/aromatic N) is 3. The third kappa shape index (κ3) is 1.93. The Morgan fingerprint density at radius 2 is 2.06 bits per heavy atom. The normalized spacial score (nSPS) is 10.6. The molecule has 2 rings (SSSR count). The summed E-state index contributed by atoms with van der Waals surface area (Å²) < 4.78 is 27.4. The predicted octanol–water partition coefficient (Wildman–Crippen LogP) is 2.06. The molecular weight excluding hydrogens is 228 g/mol. The third-order valence-corrected chi connectivity index (χ3v) is 2.37. The molecule has 0 atom stereocenters. The summed E-state index contributed by atoms with van der Waals surface area (Å²) in [6, 6.07) is 3.12. The molecule has 4 nitrogen and oxygen atoms in total. The maximum absolute atomic E-state index is 13.5. The maximum atomic E-state index is 13.5. The maximum Gasteiger partial charge on any atom is 0.181 e. The van der Waals surface area contributed by atoms with Gasteiger partial charge in [0.05, 0.1) is 5.69 Å². The van der Waals surface area contributed by atoms with Crippen molar-refractivity contribution in [3.8, 4) is 5.69 Å². The molecule has 0 bridgehead atoms. The molecule has 0 saturated heterocycles. The molecule has 0 spiro atoms. The Hall–Kier alpha value is -2.11. The number of Topliss-reactive ketones (excluding diaryl/α,β-unsaturated/α-hetero) is 1. The minimum Gasteiger partial charge on any atom is -0.293 e. The molecule has 17 heavy (non-hydrogen) atoms. The van der Waals surface area contributed by atoms with E-state index in [0.717, 1.165) is 12.1 Å². The van der Waals surface area contributed by atoms with Gasteiger partial charge in [-0.3, -0.25) is 4.79 Å². The number of halogens is 2. The number of carbonyl (C=O) groups excluding carboxylic acids is 1. The highest BCUT2D eigenvalue weighted by molar-refractivity contribution is 5.93. The van der Waals surface area contributed by atoms with E-state index in [0.29, 0.717) is 5.69 Å². The van der Waals surface area contributed by atoms with Crippen molar-refractivity contribution < 1.29 is 13.6 Å². The van der Waals surface area contributed by atoms with E-state index in [-0.39, 0.29) is 17.2 Å². The largest absolute Gasteiger partial charge is 0.293 e. The van der Waals surface area contributed by atoms with Crippen LogP contribution in [-0.4, -0.2) is 20.8 Å². The van der Waals surface area contributed by atoms with Crippen LogP contribution in [0.5, 0.6) is 0 Å². The lowest BCUT2D eigenvalue weighted by Gasteiger charge is -2.04. The summed E-state index contributed by atoms with van der Waals surface area (Å²) in [4.78, 5) is 11.2. The Bertz CT molecular complexity index is 592. The standard InChI is InChI=1S/C11H9F2N3O/c1-6-11(7(2)17)14-15-16(6)10-4-3-8(12)5-9(10)13/h3-5H,1-2H3. The van der Waals surface area contributed by atoms with Crippen molar-refractivity contribution in [1.29, 1.82) is 0 Å². The van der Waals surface area contributed by atoms with Crippen LogP contribution in [0.3, 0.4) is 0 Å². The van der Waals surface area contributed by atoms with Gasteiger partial charge >= 0.3 is 0 Å². The van der Waals surface area contributed by atoms with Crippen molar-refractivity contribution in [2.45, 2.75) is 13.8 Å². The van der Waals surface area contributed by atoms with Crippen LogP contribution in [0.1, 0.15) is 23.1 Å². The van der Waals surface area contributed by atoms with Crippen LogP contribution >= 0.6 is 0 Å². The number of ketones is 1. The Labute approximate surface area is 95.9 Å². The number of hydrogen-bond donors (Lipinski definition) is 0. The SMILES string of the molecule is CC(=O)c1nnn(-c2ccc(F)cc2F)c1C. The first-order valence-corrected chi connectivity index (χ1v) is 4.89. The van der Waals surface area contributed by atoms with Gasteiger partial charge in [-0.25, -0.2) is 13.5 Å². The fourth-order valence-electron chi connectivity index (χ4n) is 1.54. The molecule has 0 aliphatic heterocycles. The molecule has 1 aromatic heterocycles. The lowest BCUT2D eigenvalue weighted by atomic mass is 10.2. The van der Waals surface area contributed by atoms with Gasteiger partial charge in [0.25, 0.3) is 0 Å². The molecule has 0 radical (unpaired) electrons.